The molecule has 0 aliphatic carbocycles. The van der Waals surface area contributed by atoms with Gasteiger partial charge in [0.15, 0.2) is 0 Å². The molecule has 4 heterocycles. The number of aliphatic hydroxyl groups excluding tert-OH is 1. The summed E-state index contributed by atoms with van der Waals surface area (Å²) < 4.78 is 12.2. The van der Waals surface area contributed by atoms with Crippen molar-refractivity contribution in [2.24, 2.45) is 11.8 Å². The van der Waals surface area contributed by atoms with Crippen molar-refractivity contribution in [1.29, 1.82) is 0 Å². The number of likely N-dealkylation sites (tertiary alicyclic amines) is 1. The highest BCUT2D eigenvalue weighted by Crippen LogP contribution is 2.63. The number of amides is 3. The van der Waals surface area contributed by atoms with E-state index in [0.717, 1.165) is 18.7 Å². The zero-order valence-electron chi connectivity index (χ0n) is 24.0. The summed E-state index contributed by atoms with van der Waals surface area (Å²) in [5.74, 6) is -2.52. The van der Waals surface area contributed by atoms with Gasteiger partial charge in [0, 0.05) is 31.9 Å². The monoisotopic (exact) mass is 576 g/mol. The minimum absolute atomic E-state index is 0.291. The third-order valence-electron chi connectivity index (χ3n) is 9.54. The molecule has 4 aliphatic rings. The van der Waals surface area contributed by atoms with Gasteiger partial charge in [0.25, 0.3) is 0 Å². The molecule has 3 amide bonds. The Labute approximate surface area is 246 Å². The number of hydrogen-bond donors (Lipinski definition) is 3. The average Bonchev–Trinajstić information content (AvgIpc) is 3.58. The fourth-order valence-electron chi connectivity index (χ4n) is 7.59. The van der Waals surface area contributed by atoms with Crippen LogP contribution in [0.5, 0.6) is 0 Å². The fourth-order valence-corrected chi connectivity index (χ4v) is 7.59. The van der Waals surface area contributed by atoms with Crippen molar-refractivity contribution >= 4 is 23.4 Å². The Balaban J connectivity index is 1.31. The molecule has 4 saturated heterocycles. The summed E-state index contributed by atoms with van der Waals surface area (Å²) in [6.07, 6.45) is 1.41. The number of benzene rings is 2. The largest absolute Gasteiger partial charge is 0.394 e. The van der Waals surface area contributed by atoms with E-state index in [-0.39, 0.29) is 24.3 Å². The Hall–Kier alpha value is -3.31. The Kier molecular flexibility index (Phi) is 8.06. The summed E-state index contributed by atoms with van der Waals surface area (Å²) >= 11 is 0. The normalized spacial score (nSPS) is 31.1. The molecule has 224 valence electrons. The molecule has 10 nitrogen and oxygen atoms in total. The van der Waals surface area contributed by atoms with Gasteiger partial charge >= 0.3 is 0 Å². The molecule has 2 bridgehead atoms. The zero-order chi connectivity index (χ0) is 29.3. The Bertz CT molecular complexity index is 1290. The molecule has 10 heteroatoms. The second-order valence-corrected chi connectivity index (χ2v) is 12.1. The lowest BCUT2D eigenvalue weighted by molar-refractivity contribution is -0.148. The van der Waals surface area contributed by atoms with E-state index in [4.69, 9.17) is 9.47 Å². The van der Waals surface area contributed by atoms with E-state index in [1.165, 1.54) is 4.90 Å². The summed E-state index contributed by atoms with van der Waals surface area (Å²) in [6.45, 7) is 5.59. The number of anilines is 1. The first-order chi connectivity index (χ1) is 20.4. The first kappa shape index (κ1) is 28.8. The first-order valence-electron chi connectivity index (χ1n) is 15.0. The number of carbonyl (C=O) groups excluding carboxylic acids is 3. The van der Waals surface area contributed by atoms with Crippen molar-refractivity contribution in [3.63, 3.8) is 0 Å². The molecule has 4 fully saturated rings. The number of nitrogens with one attached hydrogen (secondary N) is 2. The van der Waals surface area contributed by atoms with Crippen LogP contribution in [0.3, 0.4) is 0 Å². The summed E-state index contributed by atoms with van der Waals surface area (Å²) in [5, 5.41) is 16.7. The number of fused-ring (bicyclic) bond motifs is 1. The van der Waals surface area contributed by atoms with Gasteiger partial charge in [0.2, 0.25) is 17.7 Å². The van der Waals surface area contributed by atoms with Crippen molar-refractivity contribution in [2.45, 2.75) is 49.5 Å². The number of rotatable bonds is 10. The smallest absolute Gasteiger partial charge is 0.245 e. The number of carbonyl (C=O) groups is 3. The molecule has 4 aliphatic heterocycles. The van der Waals surface area contributed by atoms with Crippen molar-refractivity contribution in [3.8, 4) is 0 Å². The van der Waals surface area contributed by atoms with Crippen LogP contribution in [0.15, 0.2) is 60.7 Å². The van der Waals surface area contributed by atoms with E-state index in [2.05, 4.69) is 15.5 Å². The van der Waals surface area contributed by atoms with Crippen molar-refractivity contribution < 1.29 is 29.0 Å². The van der Waals surface area contributed by atoms with Gasteiger partial charge in [-0.1, -0.05) is 48.5 Å². The van der Waals surface area contributed by atoms with Crippen LogP contribution in [0.25, 0.3) is 0 Å². The molecule has 6 atom stereocenters. The highest BCUT2D eigenvalue weighted by Gasteiger charge is 2.78. The molecule has 2 aromatic rings. The number of para-hydroxylation sites is 1. The number of morpholine rings is 1. The summed E-state index contributed by atoms with van der Waals surface area (Å²) in [7, 11) is 0. The van der Waals surface area contributed by atoms with E-state index in [9.17, 15) is 19.5 Å². The van der Waals surface area contributed by atoms with Crippen LogP contribution in [0.4, 0.5) is 5.69 Å². The van der Waals surface area contributed by atoms with E-state index >= 15 is 0 Å². The van der Waals surface area contributed by atoms with Crippen LogP contribution in [-0.2, 0) is 30.3 Å². The molecular formula is C32H40N4O6. The summed E-state index contributed by atoms with van der Waals surface area (Å²) in [5.41, 5.74) is -0.454. The second-order valence-electron chi connectivity index (χ2n) is 12.1. The molecule has 0 saturated carbocycles. The lowest BCUT2D eigenvalue weighted by Crippen LogP contribution is -2.59. The lowest BCUT2D eigenvalue weighted by Gasteiger charge is -2.37. The molecule has 2 unspecified atom stereocenters. The highest BCUT2D eigenvalue weighted by atomic mass is 16.5. The van der Waals surface area contributed by atoms with Crippen LogP contribution >= 0.6 is 0 Å². The number of nitrogens with zero attached hydrogens (tertiary/aromatic N) is 2. The van der Waals surface area contributed by atoms with Gasteiger partial charge in [-0.05, 0) is 43.9 Å². The predicted molar refractivity (Wildman–Crippen MR) is 155 cm³/mol. The molecule has 42 heavy (non-hydrogen) atoms. The highest BCUT2D eigenvalue weighted by molar-refractivity contribution is 6.02. The number of ether oxygens (including phenoxy) is 2. The zero-order valence-corrected chi connectivity index (χ0v) is 24.0. The van der Waals surface area contributed by atoms with Crippen molar-refractivity contribution in [3.05, 3.63) is 66.2 Å². The van der Waals surface area contributed by atoms with Crippen molar-refractivity contribution in [1.82, 2.24) is 15.1 Å². The Morgan fingerprint density at radius 1 is 1.02 bits per heavy atom. The quantitative estimate of drug-likeness (QED) is 0.392. The van der Waals surface area contributed by atoms with E-state index in [1.807, 2.05) is 55.5 Å². The second kappa shape index (κ2) is 11.8. The van der Waals surface area contributed by atoms with Crippen LogP contribution in [0, 0.1) is 11.8 Å². The van der Waals surface area contributed by atoms with Crippen LogP contribution in [0.1, 0.15) is 25.3 Å². The molecule has 3 N–H and O–H groups in total. The third kappa shape index (κ3) is 5.10. The van der Waals surface area contributed by atoms with E-state index in [1.54, 1.807) is 12.1 Å². The lowest BCUT2D eigenvalue weighted by atomic mass is 9.66. The summed E-state index contributed by atoms with van der Waals surface area (Å²) in [4.78, 5) is 46.2. The molecule has 0 aromatic heterocycles. The predicted octanol–water partition coefficient (Wildman–Crippen LogP) is 1.44. The van der Waals surface area contributed by atoms with Gasteiger partial charge in [0.05, 0.1) is 43.3 Å². The van der Waals surface area contributed by atoms with Crippen LogP contribution in [-0.4, -0.2) is 102 Å². The molecular weight excluding hydrogens is 536 g/mol. The summed E-state index contributed by atoms with van der Waals surface area (Å²) in [6, 6.07) is 17.2. The number of hydrogen-bond acceptors (Lipinski definition) is 7. The maximum absolute atomic E-state index is 14.5. The topological polar surface area (TPSA) is 120 Å². The van der Waals surface area contributed by atoms with Gasteiger partial charge in [-0.15, -0.1) is 0 Å². The minimum Gasteiger partial charge on any atom is -0.394 e. The van der Waals surface area contributed by atoms with E-state index < -0.39 is 35.1 Å². The van der Waals surface area contributed by atoms with Gasteiger partial charge < -0.3 is 30.1 Å². The van der Waals surface area contributed by atoms with Crippen LogP contribution < -0.4 is 10.6 Å². The maximum Gasteiger partial charge on any atom is 0.245 e. The fraction of sp³-hybridized carbons (Fsp3) is 0.531. The SMILES string of the molecule is C[C@]12CCC3(O1)C(C(=O)NCCN1CCOCC1)N([C@@H](CO)Cc1ccccc1)C(=O)[C@@H]3[C@H]2C(=O)Nc1ccccc1. The van der Waals surface area contributed by atoms with Gasteiger partial charge in [-0.2, -0.15) is 0 Å². The molecule has 1 spiro atoms. The van der Waals surface area contributed by atoms with Gasteiger partial charge in [-0.3, -0.25) is 19.3 Å². The van der Waals surface area contributed by atoms with Crippen molar-refractivity contribution in [2.75, 3.05) is 51.3 Å². The molecule has 2 aromatic carbocycles. The third-order valence-corrected chi connectivity index (χ3v) is 9.54. The Morgan fingerprint density at radius 3 is 2.40 bits per heavy atom. The number of aliphatic hydroxyl groups is 1. The minimum atomic E-state index is -1.16. The standard InChI is InChI=1S/C32H40N4O6/c1-31-12-13-32(42-31)26(25(31)28(38)34-23-10-6-3-7-11-23)30(40)36(24(21-37)20-22-8-4-2-5-9-22)27(32)29(39)33-14-15-35-16-18-41-19-17-35/h2-11,24-27,37H,12-21H2,1H3,(H,33,39)(H,34,38)/t24-,25+,26+,27?,31-,32?/m1/s1. The van der Waals surface area contributed by atoms with Crippen LogP contribution in [0.2, 0.25) is 0 Å². The first-order valence-corrected chi connectivity index (χ1v) is 15.0. The van der Waals surface area contributed by atoms with E-state index in [0.29, 0.717) is 51.3 Å². The molecule has 0 radical (unpaired) electrons. The Morgan fingerprint density at radius 2 is 1.71 bits per heavy atom. The molecule has 6 rings (SSSR count). The van der Waals surface area contributed by atoms with Gasteiger partial charge in [0.1, 0.15) is 11.6 Å². The average molecular weight is 577 g/mol. The maximum atomic E-state index is 14.5. The van der Waals surface area contributed by atoms with Gasteiger partial charge in [-0.25, -0.2) is 0 Å².